The predicted octanol–water partition coefficient (Wildman–Crippen LogP) is 5.32. The number of carbonyl (C=O) groups excluding carboxylic acids is 1. The molecule has 1 N–H and O–H groups in total. The van der Waals surface area contributed by atoms with E-state index in [1.54, 1.807) is 25.1 Å². The molecule has 40 heavy (non-hydrogen) atoms. The second kappa shape index (κ2) is 12.4. The molecule has 3 aromatic rings. The molecule has 1 aromatic heterocycles. The van der Waals surface area contributed by atoms with Crippen LogP contribution in [0.1, 0.15) is 54.7 Å². The van der Waals surface area contributed by atoms with Gasteiger partial charge < -0.3 is 9.84 Å². The first-order valence-corrected chi connectivity index (χ1v) is 15.3. The minimum atomic E-state index is -3.92. The monoisotopic (exact) mass is 566 g/mol. The second-order valence-corrected chi connectivity index (χ2v) is 12.4. The van der Waals surface area contributed by atoms with Crippen molar-refractivity contribution in [2.24, 2.45) is 5.92 Å². The number of piperidine rings is 2. The number of hydrogen-bond donors (Lipinski definition) is 1. The lowest BCUT2D eigenvalue weighted by atomic mass is 9.97. The van der Waals surface area contributed by atoms with Gasteiger partial charge in [-0.2, -0.15) is 4.31 Å². The van der Waals surface area contributed by atoms with Gasteiger partial charge in [0.05, 0.1) is 0 Å². The Kier molecular flexibility index (Phi) is 8.78. The maximum Gasteiger partial charge on any atom is 0.248 e. The number of amides is 1. The van der Waals surface area contributed by atoms with E-state index in [9.17, 15) is 17.6 Å². The maximum absolute atomic E-state index is 14.0. The van der Waals surface area contributed by atoms with Crippen molar-refractivity contribution in [3.63, 3.8) is 0 Å². The molecule has 2 aromatic carbocycles. The molecule has 5 rings (SSSR count). The number of anilines is 1. The highest BCUT2D eigenvalue weighted by Crippen LogP contribution is 2.30. The van der Waals surface area contributed by atoms with E-state index in [2.05, 4.69) is 27.5 Å². The van der Waals surface area contributed by atoms with Crippen molar-refractivity contribution in [2.75, 3.05) is 31.5 Å². The molecule has 10 heteroatoms. The molecule has 0 bridgehead atoms. The molecule has 0 spiro atoms. The van der Waals surface area contributed by atoms with Gasteiger partial charge in [0.25, 0.3) is 0 Å². The molecule has 2 aliphatic heterocycles. The first-order valence-electron chi connectivity index (χ1n) is 13.8. The second-order valence-electron chi connectivity index (χ2n) is 10.5. The van der Waals surface area contributed by atoms with Crippen LogP contribution in [0.3, 0.4) is 0 Å². The molecule has 2 saturated heterocycles. The fourth-order valence-electron chi connectivity index (χ4n) is 5.38. The minimum absolute atomic E-state index is 0.0346. The van der Waals surface area contributed by atoms with Crippen molar-refractivity contribution in [3.8, 4) is 0 Å². The highest BCUT2D eigenvalue weighted by atomic mass is 32.2. The Bertz CT molecular complexity index is 1460. The Balaban J connectivity index is 1.18. The average Bonchev–Trinajstić information content (AvgIpc) is 3.35. The van der Waals surface area contributed by atoms with Crippen molar-refractivity contribution in [1.29, 1.82) is 0 Å². The van der Waals surface area contributed by atoms with Gasteiger partial charge in [0.2, 0.25) is 15.9 Å². The number of aromatic nitrogens is 1. The van der Waals surface area contributed by atoms with Crippen LogP contribution in [0.2, 0.25) is 0 Å². The van der Waals surface area contributed by atoms with E-state index in [1.165, 1.54) is 47.3 Å². The molecule has 0 atom stereocenters. The fraction of sp³-hybridized carbons (Fsp3) is 0.400. The third-order valence-corrected chi connectivity index (χ3v) is 9.71. The van der Waals surface area contributed by atoms with Crippen LogP contribution in [0.4, 0.5) is 10.1 Å². The molecule has 2 aliphatic rings. The number of sulfonamides is 1. The van der Waals surface area contributed by atoms with Crippen molar-refractivity contribution in [1.82, 2.24) is 14.4 Å². The van der Waals surface area contributed by atoms with Gasteiger partial charge in [-0.05, 0) is 81.6 Å². The third-order valence-electron chi connectivity index (χ3n) is 7.65. The Morgan fingerprint density at radius 3 is 2.42 bits per heavy atom. The number of hydrogen-bond acceptors (Lipinski definition) is 6. The molecule has 212 valence electrons. The van der Waals surface area contributed by atoms with Gasteiger partial charge in [0.1, 0.15) is 11.5 Å². The molecule has 1 amide bonds. The summed E-state index contributed by atoms with van der Waals surface area (Å²) in [7, 11) is -3.92. The highest BCUT2D eigenvalue weighted by molar-refractivity contribution is 7.89. The molecule has 0 unspecified atom stereocenters. The number of aryl methyl sites for hydroxylation is 1. The van der Waals surface area contributed by atoms with E-state index in [0.29, 0.717) is 18.4 Å². The summed E-state index contributed by atoms with van der Waals surface area (Å²) in [6.45, 7) is 5.17. The molecule has 2 fully saturated rings. The zero-order valence-corrected chi connectivity index (χ0v) is 23.5. The Labute approximate surface area is 234 Å². The quantitative estimate of drug-likeness (QED) is 0.397. The molecular weight excluding hydrogens is 531 g/mol. The van der Waals surface area contributed by atoms with Crippen molar-refractivity contribution in [2.45, 2.75) is 50.5 Å². The van der Waals surface area contributed by atoms with Gasteiger partial charge in [-0.25, -0.2) is 12.8 Å². The van der Waals surface area contributed by atoms with Crippen molar-refractivity contribution < 1.29 is 22.1 Å². The van der Waals surface area contributed by atoms with Crippen LogP contribution in [-0.4, -0.2) is 54.9 Å². The van der Waals surface area contributed by atoms with Gasteiger partial charge in [-0.1, -0.05) is 41.9 Å². The summed E-state index contributed by atoms with van der Waals surface area (Å²) in [4.78, 5) is 15.4. The first-order chi connectivity index (χ1) is 19.3. The largest absolute Gasteiger partial charge is 0.355 e. The molecule has 0 radical (unpaired) electrons. The molecule has 8 nitrogen and oxygen atoms in total. The van der Waals surface area contributed by atoms with Gasteiger partial charge in [-0.3, -0.25) is 9.69 Å². The van der Waals surface area contributed by atoms with Gasteiger partial charge in [-0.15, -0.1) is 0 Å². The normalized spacial score (nSPS) is 17.9. The van der Waals surface area contributed by atoms with E-state index in [1.807, 2.05) is 12.1 Å². The summed E-state index contributed by atoms with van der Waals surface area (Å²) in [5.74, 6) is -0.767. The van der Waals surface area contributed by atoms with Crippen LogP contribution in [0.5, 0.6) is 0 Å². The van der Waals surface area contributed by atoms with Crippen LogP contribution >= 0.6 is 0 Å². The minimum Gasteiger partial charge on any atom is -0.355 e. The Morgan fingerprint density at radius 2 is 1.73 bits per heavy atom. The molecule has 0 aliphatic carbocycles. The van der Waals surface area contributed by atoms with Crippen LogP contribution in [-0.2, 0) is 21.4 Å². The molecular formula is C30H35FN4O4S. The predicted molar refractivity (Wildman–Crippen MR) is 152 cm³/mol. The summed E-state index contributed by atoms with van der Waals surface area (Å²) in [5.41, 5.74) is 2.51. The van der Waals surface area contributed by atoms with Crippen molar-refractivity contribution in [3.05, 3.63) is 76.9 Å². The SMILES string of the molecule is Cc1noc(C=Cc2ccccc2F)c1S(=O)(=O)N1CCC(C(=O)Nc2ccc(CN3CCCCC3)cc2)CC1. The number of likely N-dealkylation sites (tertiary alicyclic amines) is 1. The van der Waals surface area contributed by atoms with Crippen LogP contribution in [0.25, 0.3) is 12.2 Å². The topological polar surface area (TPSA) is 95.8 Å². The maximum atomic E-state index is 14.0. The summed E-state index contributed by atoms with van der Waals surface area (Å²) >= 11 is 0. The average molecular weight is 567 g/mol. The number of benzene rings is 2. The third kappa shape index (κ3) is 6.51. The van der Waals surface area contributed by atoms with E-state index < -0.39 is 15.8 Å². The van der Waals surface area contributed by atoms with Crippen LogP contribution < -0.4 is 5.32 Å². The number of halogens is 1. The lowest BCUT2D eigenvalue weighted by Crippen LogP contribution is -2.41. The lowest BCUT2D eigenvalue weighted by molar-refractivity contribution is -0.120. The van der Waals surface area contributed by atoms with Crippen LogP contribution in [0.15, 0.2) is 57.9 Å². The van der Waals surface area contributed by atoms with E-state index in [-0.39, 0.29) is 41.3 Å². The number of rotatable bonds is 8. The Morgan fingerprint density at radius 1 is 1.02 bits per heavy atom. The van der Waals surface area contributed by atoms with E-state index >= 15 is 0 Å². The smallest absolute Gasteiger partial charge is 0.248 e. The van der Waals surface area contributed by atoms with Crippen molar-refractivity contribution >= 4 is 33.8 Å². The van der Waals surface area contributed by atoms with Gasteiger partial charge in [0.15, 0.2) is 10.7 Å². The Hall–Kier alpha value is -3.34. The lowest BCUT2D eigenvalue weighted by Gasteiger charge is -2.30. The van der Waals surface area contributed by atoms with Gasteiger partial charge in [0, 0.05) is 36.8 Å². The number of nitrogens with one attached hydrogen (secondary N) is 1. The standard InChI is InChI=1S/C30H35FN4O4S/c1-22-29(28(39-33-22)14-11-24-7-3-4-8-27(24)31)40(37,38)35-19-15-25(16-20-35)30(36)32-26-12-9-23(10-13-26)21-34-17-5-2-6-18-34/h3-4,7-14,25H,2,5-6,15-21H2,1H3,(H,32,36). The summed E-state index contributed by atoms with van der Waals surface area (Å²) in [6.07, 6.45) is 7.50. The summed E-state index contributed by atoms with van der Waals surface area (Å²) in [6, 6.07) is 14.2. The first kappa shape index (κ1) is 28.2. The molecule has 3 heterocycles. The van der Waals surface area contributed by atoms with E-state index in [4.69, 9.17) is 4.52 Å². The zero-order valence-electron chi connectivity index (χ0n) is 22.7. The fourth-order valence-corrected chi connectivity index (χ4v) is 7.10. The highest BCUT2D eigenvalue weighted by Gasteiger charge is 2.36. The zero-order chi connectivity index (χ0) is 28.1. The summed E-state index contributed by atoms with van der Waals surface area (Å²) in [5, 5.41) is 6.84. The van der Waals surface area contributed by atoms with E-state index in [0.717, 1.165) is 25.3 Å². The molecule has 0 saturated carbocycles. The number of nitrogens with zero attached hydrogens (tertiary/aromatic N) is 3. The number of carbonyl (C=O) groups is 1. The van der Waals surface area contributed by atoms with Gasteiger partial charge >= 0.3 is 0 Å². The summed E-state index contributed by atoms with van der Waals surface area (Å²) < 4.78 is 47.7. The van der Waals surface area contributed by atoms with Crippen LogP contribution in [0, 0.1) is 18.7 Å².